The quantitative estimate of drug-likeness (QED) is 0.132. The van der Waals surface area contributed by atoms with Gasteiger partial charge in [0.05, 0.1) is 37.1 Å². The summed E-state index contributed by atoms with van der Waals surface area (Å²) in [6, 6.07) is 4.65. The molecule has 4 aliphatic carbocycles. The highest BCUT2D eigenvalue weighted by Crippen LogP contribution is 2.70. The van der Waals surface area contributed by atoms with Crippen molar-refractivity contribution in [3.8, 4) is 0 Å². The normalized spacial score (nSPS) is 51.6. The minimum Gasteiger partial charge on any atom is -0.459 e. The van der Waals surface area contributed by atoms with Crippen LogP contribution in [-0.2, 0) is 42.6 Å². The lowest BCUT2D eigenvalue weighted by atomic mass is 9.47. The third-order valence-electron chi connectivity index (χ3n) is 18.6. The van der Waals surface area contributed by atoms with Crippen LogP contribution in [0.4, 0.5) is 4.39 Å². The summed E-state index contributed by atoms with van der Waals surface area (Å²) in [4.78, 5) is 12.6. The predicted molar refractivity (Wildman–Crippen MR) is 238 cm³/mol. The van der Waals surface area contributed by atoms with Gasteiger partial charge in [-0.2, -0.15) is 0 Å². The molecule has 386 valence electrons. The minimum absolute atomic E-state index is 0.0503. The lowest BCUT2D eigenvalue weighted by molar-refractivity contribution is -0.380. The Kier molecular flexibility index (Phi) is 14.0. The lowest BCUT2D eigenvalue weighted by Crippen LogP contribution is -2.65. The van der Waals surface area contributed by atoms with E-state index in [4.69, 9.17) is 42.6 Å². The number of fused-ring (bicyclic) bond motifs is 7. The number of halogens is 1. The van der Waals surface area contributed by atoms with Gasteiger partial charge in [0.15, 0.2) is 24.7 Å². The monoisotopic (exact) mass is 976 g/mol. The van der Waals surface area contributed by atoms with Crippen LogP contribution in [0.15, 0.2) is 35.9 Å². The van der Waals surface area contributed by atoms with Gasteiger partial charge in [-0.25, -0.2) is 9.18 Å². The first-order chi connectivity index (χ1) is 32.8. The number of esters is 1. The average molecular weight is 977 g/mol. The van der Waals surface area contributed by atoms with Crippen molar-refractivity contribution in [1.82, 2.24) is 0 Å². The predicted octanol–water partition coefficient (Wildman–Crippen LogP) is 2.86. The maximum atomic E-state index is 13.4. The van der Waals surface area contributed by atoms with Gasteiger partial charge in [0.25, 0.3) is 0 Å². The third kappa shape index (κ3) is 8.75. The average Bonchev–Trinajstić information content (AvgIpc) is 3.89. The fraction of sp³-hybridized carbons (Fsp3) is 0.824. The van der Waals surface area contributed by atoms with E-state index in [1.807, 2.05) is 0 Å². The Morgan fingerprint density at radius 3 is 2.20 bits per heavy atom. The van der Waals surface area contributed by atoms with Crippen molar-refractivity contribution in [2.75, 3.05) is 19.8 Å². The van der Waals surface area contributed by atoms with E-state index in [1.165, 1.54) is 24.6 Å². The number of aliphatic hydroxyl groups is 7. The highest BCUT2D eigenvalue weighted by Gasteiger charge is 2.69. The van der Waals surface area contributed by atoms with Crippen molar-refractivity contribution in [3.05, 3.63) is 47.3 Å². The molecule has 5 heterocycles. The SMILES string of the molecule is C[C@@H]1CC[C@@]2(OC1)OC1CC3C4CC=C5C[C@@H](O[C@@H]6O[C@H](CO)[C@@H](O[C@@H]7O[C@@H](COC(=O)c8ccc(F)cc8)[C@H](O)[C@H]7O)[C@H](O)[C@H]6O[C@@H]6O[C@@H](C)[C@H](O)[C@@H](O)[C@H]6O)CC[C@]5(C)C4CC[C@]3(C)C1[C@@H]2C. The van der Waals surface area contributed by atoms with Gasteiger partial charge in [-0.1, -0.05) is 39.3 Å². The fourth-order valence-electron chi connectivity index (χ4n) is 14.6. The molecule has 5 unspecified atom stereocenters. The number of ether oxygens (including phenoxy) is 9. The van der Waals surface area contributed by atoms with Crippen LogP contribution in [0.5, 0.6) is 0 Å². The first-order valence-corrected chi connectivity index (χ1v) is 25.4. The van der Waals surface area contributed by atoms with Crippen LogP contribution in [0.3, 0.4) is 0 Å². The molecule has 1 aromatic carbocycles. The van der Waals surface area contributed by atoms with E-state index in [-0.39, 0.29) is 22.5 Å². The number of carbonyl (C=O) groups is 1. The van der Waals surface area contributed by atoms with E-state index in [9.17, 15) is 44.9 Å². The molecule has 1 spiro atoms. The second kappa shape index (κ2) is 19.2. The highest BCUT2D eigenvalue weighted by molar-refractivity contribution is 5.89. The molecular weight excluding hydrogens is 904 g/mol. The van der Waals surface area contributed by atoms with Gasteiger partial charge in [0, 0.05) is 12.3 Å². The van der Waals surface area contributed by atoms with E-state index in [0.717, 1.165) is 63.7 Å². The first-order valence-electron chi connectivity index (χ1n) is 25.4. The van der Waals surface area contributed by atoms with Crippen LogP contribution in [-0.4, -0.2) is 166 Å². The zero-order chi connectivity index (χ0) is 48.9. The Morgan fingerprint density at radius 1 is 0.768 bits per heavy atom. The zero-order valence-corrected chi connectivity index (χ0v) is 40.2. The number of benzene rings is 1. The van der Waals surface area contributed by atoms with E-state index in [1.54, 1.807) is 0 Å². The highest BCUT2D eigenvalue weighted by atomic mass is 19.1. The molecule has 17 nitrogen and oxygen atoms in total. The van der Waals surface area contributed by atoms with Gasteiger partial charge in [-0.15, -0.1) is 0 Å². The number of aliphatic hydroxyl groups excluding tert-OH is 7. The van der Waals surface area contributed by atoms with Gasteiger partial charge in [-0.05, 0) is 123 Å². The Hall–Kier alpha value is -2.24. The summed E-state index contributed by atoms with van der Waals surface area (Å²) in [5, 5.41) is 76.9. The summed E-state index contributed by atoms with van der Waals surface area (Å²) in [7, 11) is 0. The Bertz CT molecular complexity index is 2020. The van der Waals surface area contributed by atoms with Crippen LogP contribution in [0.25, 0.3) is 0 Å². The van der Waals surface area contributed by atoms with Crippen molar-refractivity contribution >= 4 is 5.97 Å². The van der Waals surface area contributed by atoms with Crippen molar-refractivity contribution in [1.29, 1.82) is 0 Å². The minimum atomic E-state index is -1.75. The Morgan fingerprint density at radius 2 is 1.48 bits per heavy atom. The molecule has 0 bridgehead atoms. The molecule has 1 aromatic rings. The number of hydrogen-bond donors (Lipinski definition) is 7. The van der Waals surface area contributed by atoms with Gasteiger partial charge in [-0.3, -0.25) is 0 Å². The van der Waals surface area contributed by atoms with E-state index >= 15 is 0 Å². The second-order valence-corrected chi connectivity index (χ2v) is 22.5. The smallest absolute Gasteiger partial charge is 0.338 e. The molecule has 7 N–H and O–H groups in total. The molecule has 10 rings (SSSR count). The lowest BCUT2D eigenvalue weighted by Gasteiger charge is -2.58. The molecule has 9 aliphatic rings. The third-order valence-corrected chi connectivity index (χ3v) is 18.6. The molecule has 5 aliphatic heterocycles. The molecule has 69 heavy (non-hydrogen) atoms. The van der Waals surface area contributed by atoms with Crippen LogP contribution in [0.1, 0.15) is 103 Å². The zero-order valence-electron chi connectivity index (χ0n) is 40.2. The molecule has 0 radical (unpaired) electrons. The van der Waals surface area contributed by atoms with Gasteiger partial charge in [0.2, 0.25) is 0 Å². The van der Waals surface area contributed by atoms with Gasteiger partial charge >= 0.3 is 5.97 Å². The summed E-state index contributed by atoms with van der Waals surface area (Å²) >= 11 is 0. The van der Waals surface area contributed by atoms with Crippen LogP contribution in [0, 0.1) is 52.2 Å². The fourth-order valence-corrected chi connectivity index (χ4v) is 14.6. The van der Waals surface area contributed by atoms with Crippen molar-refractivity contribution < 1.29 is 87.6 Å². The summed E-state index contributed by atoms with van der Waals surface area (Å²) in [5.41, 5.74) is 1.50. The summed E-state index contributed by atoms with van der Waals surface area (Å²) in [5.74, 6) is 1.12. The molecule has 0 aromatic heterocycles. The maximum absolute atomic E-state index is 13.4. The number of carbonyl (C=O) groups excluding carboxylic acids is 1. The van der Waals surface area contributed by atoms with E-state index < -0.39 is 123 Å². The molecule has 3 saturated carbocycles. The molecule has 0 amide bonds. The standard InChI is InChI=1S/C51H73FO17/c1-23-12-17-51(62-21-23)24(2)36-33(69-51)19-32-30-11-8-27-18-29(13-15-49(27,4)31(30)14-16-50(32,36)5)64-48-44(68-46-41(58)39(56)37(54)25(3)63-46)42(59)43(34(20-53)65-48)67-47-40(57)38(55)35(66-47)22-61-45(60)26-6-9-28(52)10-7-26/h6-10,23-25,29-44,46-48,53-59H,11-22H2,1-5H3/t23-,24+,25+,29+,30?,31?,32?,33?,34-,35+,36?,37+,38+,39-,40-,41-,42+,43-,44-,46+,47+,48-,49+,50+,51-/m1/s1. The maximum Gasteiger partial charge on any atom is 0.338 e. The van der Waals surface area contributed by atoms with E-state index in [0.29, 0.717) is 48.3 Å². The van der Waals surface area contributed by atoms with Crippen LogP contribution >= 0.6 is 0 Å². The summed E-state index contributed by atoms with van der Waals surface area (Å²) < 4.78 is 69.1. The van der Waals surface area contributed by atoms with Crippen molar-refractivity contribution in [3.63, 3.8) is 0 Å². The van der Waals surface area contributed by atoms with Crippen molar-refractivity contribution in [2.24, 2.45) is 46.3 Å². The molecule has 18 heteroatoms. The second-order valence-electron chi connectivity index (χ2n) is 22.5. The first kappa shape index (κ1) is 50.3. The number of allylic oxidation sites excluding steroid dienone is 1. The largest absolute Gasteiger partial charge is 0.459 e. The van der Waals surface area contributed by atoms with Crippen LogP contribution < -0.4 is 0 Å². The molecule has 8 fully saturated rings. The molecule has 25 atom stereocenters. The number of hydrogen-bond acceptors (Lipinski definition) is 17. The Balaban J connectivity index is 0.830. The summed E-state index contributed by atoms with van der Waals surface area (Å²) in [6.07, 6.45) is -10.3. The topological polar surface area (TPSA) is 242 Å². The van der Waals surface area contributed by atoms with Gasteiger partial charge < -0.3 is 78.4 Å². The summed E-state index contributed by atoms with van der Waals surface area (Å²) in [6.45, 7) is 10.6. The molecular formula is C51H73FO17. The van der Waals surface area contributed by atoms with Gasteiger partial charge in [0.1, 0.15) is 73.5 Å². The van der Waals surface area contributed by atoms with Crippen LogP contribution in [0.2, 0.25) is 0 Å². The van der Waals surface area contributed by atoms with E-state index in [2.05, 4.69) is 33.8 Å². The Labute approximate surface area is 402 Å². The van der Waals surface area contributed by atoms with Crippen molar-refractivity contribution in [2.45, 2.75) is 196 Å². The molecule has 5 saturated heterocycles. The number of rotatable bonds is 10.